The maximum absolute atomic E-state index is 5.97. The van der Waals surface area contributed by atoms with Crippen LogP contribution in [0.5, 0.6) is 0 Å². The van der Waals surface area contributed by atoms with Crippen molar-refractivity contribution in [3.63, 3.8) is 0 Å². The van der Waals surface area contributed by atoms with Gasteiger partial charge >= 0.3 is 0 Å². The van der Waals surface area contributed by atoms with Crippen molar-refractivity contribution in [3.8, 4) is 0 Å². The number of nitrogens with two attached hydrogens (primary N) is 1. The second-order valence-corrected chi connectivity index (χ2v) is 4.98. The summed E-state index contributed by atoms with van der Waals surface area (Å²) in [6.45, 7) is 2.79. The molecule has 2 rings (SSSR count). The molecule has 0 spiro atoms. The molecule has 2 aromatic rings. The Morgan fingerprint density at radius 2 is 1.63 bits per heavy atom. The number of hydrogen-bond donors (Lipinski definition) is 1. The molecule has 0 bridgehead atoms. The maximum Gasteiger partial charge on any atom is 0.0449 e. The summed E-state index contributed by atoms with van der Waals surface area (Å²) in [7, 11) is 2.13. The minimum absolute atomic E-state index is 0.323. The van der Waals surface area contributed by atoms with E-state index in [4.69, 9.17) is 5.73 Å². The van der Waals surface area contributed by atoms with Gasteiger partial charge in [0, 0.05) is 25.3 Å². The third-order valence-corrected chi connectivity index (χ3v) is 3.63. The summed E-state index contributed by atoms with van der Waals surface area (Å²) in [4.78, 5) is 2.29. The Hall–Kier alpha value is -1.80. The van der Waals surface area contributed by atoms with Gasteiger partial charge in [-0.1, -0.05) is 48.5 Å². The number of para-hydroxylation sites is 1. The SMILES string of the molecule is Cc1ccccc1N(C)C(CN)Cc1ccccc1. The maximum atomic E-state index is 5.97. The lowest BCUT2D eigenvalue weighted by molar-refractivity contribution is 0.633. The van der Waals surface area contributed by atoms with Crippen LogP contribution < -0.4 is 10.6 Å². The Labute approximate surface area is 115 Å². The molecule has 2 nitrogen and oxygen atoms in total. The smallest absolute Gasteiger partial charge is 0.0449 e. The van der Waals surface area contributed by atoms with Gasteiger partial charge in [0.2, 0.25) is 0 Å². The summed E-state index contributed by atoms with van der Waals surface area (Å²) in [5.74, 6) is 0. The topological polar surface area (TPSA) is 29.3 Å². The molecule has 0 heterocycles. The molecule has 1 unspecified atom stereocenters. The minimum atomic E-state index is 0.323. The summed E-state index contributed by atoms with van der Waals surface area (Å²) in [5, 5.41) is 0. The van der Waals surface area contributed by atoms with Crippen molar-refractivity contribution in [2.75, 3.05) is 18.5 Å². The highest BCUT2D eigenvalue weighted by atomic mass is 15.1. The van der Waals surface area contributed by atoms with Gasteiger partial charge in [0.15, 0.2) is 0 Å². The van der Waals surface area contributed by atoms with Crippen molar-refractivity contribution >= 4 is 5.69 Å². The zero-order valence-corrected chi connectivity index (χ0v) is 11.7. The zero-order valence-electron chi connectivity index (χ0n) is 11.7. The van der Waals surface area contributed by atoms with Gasteiger partial charge in [0.1, 0.15) is 0 Å². The average Bonchev–Trinajstić information content (AvgIpc) is 2.46. The Balaban J connectivity index is 2.16. The number of likely N-dealkylation sites (N-methyl/N-ethyl adjacent to an activating group) is 1. The highest BCUT2D eigenvalue weighted by Gasteiger charge is 2.15. The van der Waals surface area contributed by atoms with Crippen molar-refractivity contribution in [1.29, 1.82) is 0 Å². The first-order valence-electron chi connectivity index (χ1n) is 6.75. The zero-order chi connectivity index (χ0) is 13.7. The quantitative estimate of drug-likeness (QED) is 0.888. The molecular weight excluding hydrogens is 232 g/mol. The Bertz CT molecular complexity index is 508. The molecule has 19 heavy (non-hydrogen) atoms. The summed E-state index contributed by atoms with van der Waals surface area (Å²) >= 11 is 0. The van der Waals surface area contributed by atoms with E-state index in [1.54, 1.807) is 0 Å². The van der Waals surface area contributed by atoms with Crippen molar-refractivity contribution in [1.82, 2.24) is 0 Å². The number of hydrogen-bond acceptors (Lipinski definition) is 2. The number of aryl methyl sites for hydroxylation is 1. The molecule has 0 amide bonds. The van der Waals surface area contributed by atoms with Gasteiger partial charge in [-0.05, 0) is 30.5 Å². The number of benzene rings is 2. The van der Waals surface area contributed by atoms with Crippen molar-refractivity contribution in [3.05, 3.63) is 65.7 Å². The minimum Gasteiger partial charge on any atom is -0.370 e. The lowest BCUT2D eigenvalue weighted by atomic mass is 10.0. The normalized spacial score (nSPS) is 12.2. The van der Waals surface area contributed by atoms with Gasteiger partial charge in [-0.2, -0.15) is 0 Å². The van der Waals surface area contributed by atoms with Crippen molar-refractivity contribution in [2.45, 2.75) is 19.4 Å². The molecule has 0 aliphatic carbocycles. The molecule has 0 aromatic heterocycles. The fourth-order valence-corrected chi connectivity index (χ4v) is 2.42. The Kier molecular flexibility index (Phi) is 4.58. The van der Waals surface area contributed by atoms with E-state index in [9.17, 15) is 0 Å². The third kappa shape index (κ3) is 3.36. The summed E-state index contributed by atoms with van der Waals surface area (Å²) in [6, 6.07) is 19.3. The predicted octanol–water partition coefficient (Wildman–Crippen LogP) is 3.00. The molecular formula is C17H22N2. The van der Waals surface area contributed by atoms with Gasteiger partial charge in [-0.15, -0.1) is 0 Å². The highest BCUT2D eigenvalue weighted by Crippen LogP contribution is 2.21. The Morgan fingerprint density at radius 3 is 2.26 bits per heavy atom. The molecule has 1 atom stereocenters. The lowest BCUT2D eigenvalue weighted by Gasteiger charge is -2.30. The van der Waals surface area contributed by atoms with Gasteiger partial charge in [-0.3, -0.25) is 0 Å². The summed E-state index contributed by atoms with van der Waals surface area (Å²) in [6.07, 6.45) is 0.974. The van der Waals surface area contributed by atoms with Crippen LogP contribution in [0.2, 0.25) is 0 Å². The van der Waals surface area contributed by atoms with Crippen LogP contribution in [0.15, 0.2) is 54.6 Å². The molecule has 2 heteroatoms. The second-order valence-electron chi connectivity index (χ2n) is 4.98. The largest absolute Gasteiger partial charge is 0.370 e. The fourth-order valence-electron chi connectivity index (χ4n) is 2.42. The highest BCUT2D eigenvalue weighted by molar-refractivity contribution is 5.53. The van der Waals surface area contributed by atoms with Crippen molar-refractivity contribution < 1.29 is 0 Å². The van der Waals surface area contributed by atoms with Gasteiger partial charge in [-0.25, -0.2) is 0 Å². The van der Waals surface area contributed by atoms with Crippen LogP contribution in [0.25, 0.3) is 0 Å². The fraction of sp³-hybridized carbons (Fsp3) is 0.294. The number of rotatable bonds is 5. The molecule has 0 radical (unpaired) electrons. The van der Waals surface area contributed by atoms with E-state index in [1.165, 1.54) is 16.8 Å². The van der Waals surface area contributed by atoms with Gasteiger partial charge < -0.3 is 10.6 Å². The molecule has 0 aliphatic heterocycles. The second kappa shape index (κ2) is 6.39. The van der Waals surface area contributed by atoms with E-state index >= 15 is 0 Å². The van der Waals surface area contributed by atoms with E-state index < -0.39 is 0 Å². The summed E-state index contributed by atoms with van der Waals surface area (Å²) in [5.41, 5.74) is 9.85. The third-order valence-electron chi connectivity index (χ3n) is 3.63. The van der Waals surface area contributed by atoms with Crippen LogP contribution >= 0.6 is 0 Å². The Morgan fingerprint density at radius 1 is 1.00 bits per heavy atom. The monoisotopic (exact) mass is 254 g/mol. The number of nitrogens with zero attached hydrogens (tertiary/aromatic N) is 1. The molecule has 100 valence electrons. The van der Waals surface area contributed by atoms with E-state index in [2.05, 4.69) is 67.4 Å². The molecule has 0 fully saturated rings. The van der Waals surface area contributed by atoms with Crippen LogP contribution in [0, 0.1) is 6.92 Å². The average molecular weight is 254 g/mol. The van der Waals surface area contributed by atoms with E-state index in [0.717, 1.165) is 6.42 Å². The van der Waals surface area contributed by atoms with E-state index in [-0.39, 0.29) is 0 Å². The van der Waals surface area contributed by atoms with Gasteiger partial charge in [0.25, 0.3) is 0 Å². The predicted molar refractivity (Wildman–Crippen MR) is 82.6 cm³/mol. The molecule has 0 aliphatic rings. The summed E-state index contributed by atoms with van der Waals surface area (Å²) < 4.78 is 0. The molecule has 0 saturated carbocycles. The van der Waals surface area contributed by atoms with E-state index in [1.807, 2.05) is 6.07 Å². The van der Waals surface area contributed by atoms with Crippen LogP contribution in [-0.4, -0.2) is 19.6 Å². The van der Waals surface area contributed by atoms with E-state index in [0.29, 0.717) is 12.6 Å². The first-order chi connectivity index (χ1) is 9.22. The molecule has 2 aromatic carbocycles. The van der Waals surface area contributed by atoms with Crippen LogP contribution in [0.3, 0.4) is 0 Å². The van der Waals surface area contributed by atoms with Crippen molar-refractivity contribution in [2.24, 2.45) is 5.73 Å². The first-order valence-corrected chi connectivity index (χ1v) is 6.75. The van der Waals surface area contributed by atoms with Gasteiger partial charge in [0.05, 0.1) is 0 Å². The molecule has 2 N–H and O–H groups in total. The lowest BCUT2D eigenvalue weighted by Crippen LogP contribution is -2.40. The van der Waals surface area contributed by atoms with Crippen LogP contribution in [-0.2, 0) is 6.42 Å². The molecule has 0 saturated heterocycles. The number of anilines is 1. The standard InChI is InChI=1S/C17H22N2/c1-14-8-6-7-11-17(14)19(2)16(13-18)12-15-9-4-3-5-10-15/h3-11,16H,12-13,18H2,1-2H3. The van der Waals surface area contributed by atoms with Crippen LogP contribution in [0.1, 0.15) is 11.1 Å². The first kappa shape index (κ1) is 13.6. The van der Waals surface area contributed by atoms with Crippen LogP contribution in [0.4, 0.5) is 5.69 Å².